The van der Waals surface area contributed by atoms with Crippen LogP contribution >= 0.6 is 0 Å². The van der Waals surface area contributed by atoms with Gasteiger partial charge in [-0.25, -0.2) is 4.79 Å². The van der Waals surface area contributed by atoms with E-state index < -0.39 is 24.0 Å². The molecule has 1 aromatic rings. The van der Waals surface area contributed by atoms with Crippen molar-refractivity contribution in [1.29, 1.82) is 0 Å². The lowest BCUT2D eigenvalue weighted by molar-refractivity contribution is -0.167. The molecule has 0 bridgehead atoms. The number of hydrogen-bond donors (Lipinski definition) is 0. The minimum Gasteiger partial charge on any atom is -0.463 e. The van der Waals surface area contributed by atoms with Gasteiger partial charge < -0.3 is 14.2 Å². The Kier molecular flexibility index (Phi) is 5.71. The highest BCUT2D eigenvalue weighted by Gasteiger charge is 2.25. The average Bonchev–Trinajstić information content (AvgIpc) is 2.36. The van der Waals surface area contributed by atoms with E-state index in [0.717, 1.165) is 0 Å². The lowest BCUT2D eigenvalue weighted by atomic mass is 10.1. The maximum atomic E-state index is 11.8. The number of carbonyl (C=O) groups excluding carboxylic acids is 3. The number of benzene rings is 1. The van der Waals surface area contributed by atoms with Crippen LogP contribution < -0.4 is 4.74 Å². The standard InChI is InChI=1S/C14H16O6/c1-4-18-14(17)13(20-10(3)16)11-5-7-12(8-6-11)19-9(2)15/h5-8,13H,4H2,1-3H3/t13-/m1/s1. The van der Waals surface area contributed by atoms with E-state index in [2.05, 4.69) is 0 Å². The molecule has 1 aromatic carbocycles. The van der Waals surface area contributed by atoms with Gasteiger partial charge in [0.1, 0.15) is 5.75 Å². The van der Waals surface area contributed by atoms with E-state index in [1.807, 2.05) is 0 Å². The molecular formula is C14H16O6. The summed E-state index contributed by atoms with van der Waals surface area (Å²) in [5.41, 5.74) is 0.439. The summed E-state index contributed by atoms with van der Waals surface area (Å²) in [7, 11) is 0. The van der Waals surface area contributed by atoms with Crippen molar-refractivity contribution in [3.8, 4) is 5.75 Å². The SMILES string of the molecule is CCOC(=O)[C@H](OC(C)=O)c1ccc(OC(C)=O)cc1. The molecule has 20 heavy (non-hydrogen) atoms. The molecule has 0 unspecified atom stereocenters. The van der Waals surface area contributed by atoms with Gasteiger partial charge in [-0.3, -0.25) is 9.59 Å². The molecule has 6 nitrogen and oxygen atoms in total. The predicted molar refractivity (Wildman–Crippen MR) is 68.9 cm³/mol. The Morgan fingerprint density at radius 1 is 1.05 bits per heavy atom. The van der Waals surface area contributed by atoms with Crippen LogP contribution in [0.15, 0.2) is 24.3 Å². The van der Waals surface area contributed by atoms with Crippen LogP contribution in [0.2, 0.25) is 0 Å². The highest BCUT2D eigenvalue weighted by atomic mass is 16.6. The Bertz CT molecular complexity index is 491. The van der Waals surface area contributed by atoms with Crippen LogP contribution in [-0.2, 0) is 23.9 Å². The van der Waals surface area contributed by atoms with E-state index in [9.17, 15) is 14.4 Å². The number of esters is 3. The van der Waals surface area contributed by atoms with Crippen molar-refractivity contribution in [2.45, 2.75) is 26.9 Å². The molecule has 108 valence electrons. The third-order valence-corrected chi connectivity index (χ3v) is 2.23. The molecule has 0 radical (unpaired) electrons. The molecule has 0 saturated heterocycles. The average molecular weight is 280 g/mol. The van der Waals surface area contributed by atoms with Crippen molar-refractivity contribution in [1.82, 2.24) is 0 Å². The Balaban J connectivity index is 2.92. The first-order valence-corrected chi connectivity index (χ1v) is 6.06. The molecule has 0 aliphatic heterocycles. The van der Waals surface area contributed by atoms with Gasteiger partial charge in [-0.1, -0.05) is 12.1 Å². The third kappa shape index (κ3) is 4.72. The van der Waals surface area contributed by atoms with Crippen LogP contribution in [0.5, 0.6) is 5.75 Å². The Morgan fingerprint density at radius 2 is 1.65 bits per heavy atom. The molecule has 0 fully saturated rings. The van der Waals surface area contributed by atoms with Crippen molar-refractivity contribution in [2.75, 3.05) is 6.61 Å². The van der Waals surface area contributed by atoms with Crippen molar-refractivity contribution in [3.05, 3.63) is 29.8 Å². The van der Waals surface area contributed by atoms with E-state index >= 15 is 0 Å². The second kappa shape index (κ2) is 7.28. The second-order valence-corrected chi connectivity index (χ2v) is 3.90. The lowest BCUT2D eigenvalue weighted by Gasteiger charge is -2.16. The Hall–Kier alpha value is -2.37. The topological polar surface area (TPSA) is 78.9 Å². The lowest BCUT2D eigenvalue weighted by Crippen LogP contribution is -2.21. The predicted octanol–water partition coefficient (Wildman–Crippen LogP) is 1.78. The van der Waals surface area contributed by atoms with Crippen LogP contribution in [-0.4, -0.2) is 24.5 Å². The highest BCUT2D eigenvalue weighted by molar-refractivity contribution is 5.80. The van der Waals surface area contributed by atoms with Crippen LogP contribution in [0.3, 0.4) is 0 Å². The first-order chi connectivity index (χ1) is 9.43. The van der Waals surface area contributed by atoms with Gasteiger partial charge in [0.15, 0.2) is 0 Å². The third-order valence-electron chi connectivity index (χ3n) is 2.23. The van der Waals surface area contributed by atoms with E-state index in [1.165, 1.54) is 38.1 Å². The summed E-state index contributed by atoms with van der Waals surface area (Å²) in [6.07, 6.45) is -1.13. The maximum Gasteiger partial charge on any atom is 0.352 e. The molecule has 0 heterocycles. The quantitative estimate of drug-likeness (QED) is 0.604. The molecular weight excluding hydrogens is 264 g/mol. The number of hydrogen-bond acceptors (Lipinski definition) is 6. The minimum atomic E-state index is -1.13. The molecule has 0 aliphatic rings. The first kappa shape index (κ1) is 15.7. The van der Waals surface area contributed by atoms with Crippen molar-refractivity contribution < 1.29 is 28.6 Å². The molecule has 0 aromatic heterocycles. The van der Waals surface area contributed by atoms with Gasteiger partial charge in [0.2, 0.25) is 6.10 Å². The van der Waals surface area contributed by atoms with Crippen LogP contribution in [0, 0.1) is 0 Å². The van der Waals surface area contributed by atoms with Gasteiger partial charge in [0.05, 0.1) is 6.61 Å². The molecule has 0 aliphatic carbocycles. The van der Waals surface area contributed by atoms with Gasteiger partial charge in [-0.2, -0.15) is 0 Å². The first-order valence-electron chi connectivity index (χ1n) is 6.06. The van der Waals surface area contributed by atoms with E-state index in [4.69, 9.17) is 14.2 Å². The molecule has 0 N–H and O–H groups in total. The molecule has 1 rings (SSSR count). The van der Waals surface area contributed by atoms with Gasteiger partial charge in [0.25, 0.3) is 0 Å². The van der Waals surface area contributed by atoms with Gasteiger partial charge in [-0.05, 0) is 19.1 Å². The molecule has 0 amide bonds. The van der Waals surface area contributed by atoms with Gasteiger partial charge in [0, 0.05) is 19.4 Å². The van der Waals surface area contributed by atoms with E-state index in [0.29, 0.717) is 11.3 Å². The van der Waals surface area contributed by atoms with Crippen molar-refractivity contribution in [3.63, 3.8) is 0 Å². The molecule has 0 spiro atoms. The normalized spacial score (nSPS) is 11.3. The Morgan fingerprint density at radius 3 is 2.10 bits per heavy atom. The smallest absolute Gasteiger partial charge is 0.352 e. The van der Waals surface area contributed by atoms with Crippen LogP contribution in [0.4, 0.5) is 0 Å². The van der Waals surface area contributed by atoms with Crippen LogP contribution in [0.1, 0.15) is 32.4 Å². The monoisotopic (exact) mass is 280 g/mol. The zero-order chi connectivity index (χ0) is 15.1. The molecule has 1 atom stereocenters. The van der Waals surface area contributed by atoms with Gasteiger partial charge >= 0.3 is 17.9 Å². The fraction of sp³-hybridized carbons (Fsp3) is 0.357. The molecule has 6 heteroatoms. The molecule has 0 saturated carbocycles. The zero-order valence-corrected chi connectivity index (χ0v) is 11.5. The number of carbonyl (C=O) groups is 3. The summed E-state index contributed by atoms with van der Waals surface area (Å²) < 4.78 is 14.7. The summed E-state index contributed by atoms with van der Waals surface area (Å²) in [5, 5.41) is 0. The minimum absolute atomic E-state index is 0.183. The Labute approximate surface area is 116 Å². The highest BCUT2D eigenvalue weighted by Crippen LogP contribution is 2.22. The van der Waals surface area contributed by atoms with Crippen molar-refractivity contribution >= 4 is 17.9 Å². The number of ether oxygens (including phenoxy) is 3. The summed E-state index contributed by atoms with van der Waals surface area (Å²) in [6, 6.07) is 6.07. The largest absolute Gasteiger partial charge is 0.463 e. The van der Waals surface area contributed by atoms with E-state index in [1.54, 1.807) is 6.92 Å². The fourth-order valence-electron chi connectivity index (χ4n) is 1.51. The maximum absolute atomic E-state index is 11.8. The number of rotatable bonds is 5. The summed E-state index contributed by atoms with van der Waals surface area (Å²) >= 11 is 0. The van der Waals surface area contributed by atoms with Crippen LogP contribution in [0.25, 0.3) is 0 Å². The van der Waals surface area contributed by atoms with Gasteiger partial charge in [-0.15, -0.1) is 0 Å². The summed E-state index contributed by atoms with van der Waals surface area (Å²) in [4.78, 5) is 33.6. The summed E-state index contributed by atoms with van der Waals surface area (Å²) in [6.45, 7) is 4.34. The zero-order valence-electron chi connectivity index (χ0n) is 11.5. The summed E-state index contributed by atoms with van der Waals surface area (Å²) in [5.74, 6) is -1.35. The fourth-order valence-corrected chi connectivity index (χ4v) is 1.51. The van der Waals surface area contributed by atoms with Crippen molar-refractivity contribution in [2.24, 2.45) is 0 Å². The van der Waals surface area contributed by atoms with E-state index in [-0.39, 0.29) is 6.61 Å². The second-order valence-electron chi connectivity index (χ2n) is 3.90.